The van der Waals surface area contributed by atoms with E-state index in [4.69, 9.17) is 0 Å². The van der Waals surface area contributed by atoms with E-state index in [0.717, 1.165) is 12.8 Å². The molecular formula is C11H19N3O3S. The molecule has 7 heteroatoms. The molecule has 0 spiro atoms. The number of aliphatic hydroxyl groups excluding tert-OH is 1. The molecule has 0 saturated heterocycles. The molecule has 102 valence electrons. The van der Waals surface area contributed by atoms with Crippen molar-refractivity contribution in [3.63, 3.8) is 0 Å². The summed E-state index contributed by atoms with van der Waals surface area (Å²) in [6.07, 6.45) is 5.76. The van der Waals surface area contributed by atoms with Crippen molar-refractivity contribution >= 4 is 10.0 Å². The third-order valence-electron chi connectivity index (χ3n) is 3.65. The summed E-state index contributed by atoms with van der Waals surface area (Å²) in [4.78, 5) is 6.28. The summed E-state index contributed by atoms with van der Waals surface area (Å²) in [5.74, 6) is 0.585. The van der Waals surface area contributed by atoms with E-state index < -0.39 is 15.6 Å². The lowest BCUT2D eigenvalue weighted by molar-refractivity contribution is 0.125. The van der Waals surface area contributed by atoms with Crippen LogP contribution in [-0.4, -0.2) is 35.6 Å². The van der Waals surface area contributed by atoms with Gasteiger partial charge in [-0.3, -0.25) is 0 Å². The summed E-state index contributed by atoms with van der Waals surface area (Å²) in [5, 5.41) is 9.57. The predicted octanol–water partition coefficient (Wildman–Crippen LogP) is 0.629. The van der Waals surface area contributed by atoms with Gasteiger partial charge in [0.15, 0.2) is 5.03 Å². The van der Waals surface area contributed by atoms with Crippen molar-refractivity contribution in [2.75, 3.05) is 6.61 Å². The third kappa shape index (κ3) is 2.73. The minimum atomic E-state index is -3.63. The highest BCUT2D eigenvalue weighted by atomic mass is 32.2. The first-order valence-corrected chi connectivity index (χ1v) is 7.59. The van der Waals surface area contributed by atoms with Gasteiger partial charge < -0.3 is 10.1 Å². The van der Waals surface area contributed by atoms with E-state index in [1.165, 1.54) is 12.5 Å². The Morgan fingerprint density at radius 3 is 2.72 bits per heavy atom. The van der Waals surface area contributed by atoms with Gasteiger partial charge in [-0.05, 0) is 31.6 Å². The van der Waals surface area contributed by atoms with E-state index in [0.29, 0.717) is 18.8 Å². The fraction of sp³-hybridized carbons (Fsp3) is 0.727. The first-order valence-electron chi connectivity index (χ1n) is 6.11. The molecule has 0 amide bonds. The Labute approximate surface area is 107 Å². The van der Waals surface area contributed by atoms with Gasteiger partial charge in [0.05, 0.1) is 24.7 Å². The second-order valence-corrected chi connectivity index (χ2v) is 6.79. The number of nitrogens with zero attached hydrogens (tertiary/aromatic N) is 1. The molecule has 3 N–H and O–H groups in total. The highest BCUT2D eigenvalue weighted by Gasteiger charge is 2.37. The zero-order valence-electron chi connectivity index (χ0n) is 10.4. The Kier molecular flexibility index (Phi) is 3.74. The lowest BCUT2D eigenvalue weighted by Gasteiger charge is -2.38. The van der Waals surface area contributed by atoms with E-state index in [1.807, 2.05) is 0 Å². The quantitative estimate of drug-likeness (QED) is 0.750. The van der Waals surface area contributed by atoms with Gasteiger partial charge in [0, 0.05) is 0 Å². The minimum absolute atomic E-state index is 0.0361. The molecule has 0 bridgehead atoms. The van der Waals surface area contributed by atoms with Crippen molar-refractivity contribution in [3.05, 3.63) is 12.5 Å². The average molecular weight is 273 g/mol. The van der Waals surface area contributed by atoms with Crippen molar-refractivity contribution in [3.8, 4) is 0 Å². The van der Waals surface area contributed by atoms with Gasteiger partial charge in [-0.2, -0.15) is 0 Å². The molecule has 1 heterocycles. The molecule has 1 fully saturated rings. The molecule has 1 aliphatic rings. The van der Waals surface area contributed by atoms with Crippen LogP contribution in [0.15, 0.2) is 17.6 Å². The molecule has 0 atom stereocenters. The topological polar surface area (TPSA) is 95.1 Å². The van der Waals surface area contributed by atoms with Crippen LogP contribution in [0.1, 0.15) is 32.6 Å². The molecule has 1 aromatic heterocycles. The number of nitrogens with one attached hydrogen (secondary N) is 2. The number of sulfonamides is 1. The molecular weight excluding hydrogens is 254 g/mol. The first-order chi connectivity index (χ1) is 8.47. The Morgan fingerprint density at radius 1 is 1.56 bits per heavy atom. The third-order valence-corrected chi connectivity index (χ3v) is 5.15. The maximum atomic E-state index is 12.1. The summed E-state index contributed by atoms with van der Waals surface area (Å²) in [6.45, 7) is 1.97. The lowest BCUT2D eigenvalue weighted by Crippen LogP contribution is -2.53. The molecule has 1 aromatic rings. The van der Waals surface area contributed by atoms with Crippen molar-refractivity contribution in [1.82, 2.24) is 14.7 Å². The van der Waals surface area contributed by atoms with Gasteiger partial charge in [-0.1, -0.05) is 6.92 Å². The Bertz CT molecular complexity index is 476. The van der Waals surface area contributed by atoms with Gasteiger partial charge in [-0.25, -0.2) is 18.1 Å². The SMILES string of the molecule is CC1CCC(CO)(NS(=O)(=O)c2cnc[nH]2)CC1. The van der Waals surface area contributed by atoms with E-state index in [9.17, 15) is 13.5 Å². The highest BCUT2D eigenvalue weighted by molar-refractivity contribution is 7.89. The largest absolute Gasteiger partial charge is 0.394 e. The molecule has 6 nitrogen and oxygen atoms in total. The zero-order chi connectivity index (χ0) is 13.2. The van der Waals surface area contributed by atoms with Crippen LogP contribution in [-0.2, 0) is 10.0 Å². The molecule has 1 aliphatic carbocycles. The number of rotatable bonds is 4. The normalized spacial score (nSPS) is 29.3. The summed E-state index contributed by atoms with van der Waals surface area (Å²) in [5.41, 5.74) is -0.726. The summed E-state index contributed by atoms with van der Waals surface area (Å²) in [6, 6.07) is 0. The number of aromatic nitrogens is 2. The summed E-state index contributed by atoms with van der Waals surface area (Å²) in [7, 11) is -3.63. The second kappa shape index (κ2) is 4.99. The molecule has 0 aromatic carbocycles. The van der Waals surface area contributed by atoms with Crippen molar-refractivity contribution in [2.24, 2.45) is 5.92 Å². The maximum Gasteiger partial charge on any atom is 0.258 e. The van der Waals surface area contributed by atoms with Gasteiger partial charge in [-0.15, -0.1) is 0 Å². The van der Waals surface area contributed by atoms with Crippen LogP contribution in [0.5, 0.6) is 0 Å². The van der Waals surface area contributed by atoms with Gasteiger partial charge in [0.1, 0.15) is 0 Å². The van der Waals surface area contributed by atoms with Gasteiger partial charge >= 0.3 is 0 Å². The molecule has 18 heavy (non-hydrogen) atoms. The fourth-order valence-corrected chi connectivity index (χ4v) is 3.69. The number of imidazole rings is 1. The van der Waals surface area contributed by atoms with Crippen LogP contribution >= 0.6 is 0 Å². The number of H-pyrrole nitrogens is 1. The number of aromatic amines is 1. The molecule has 2 rings (SSSR count). The summed E-state index contributed by atoms with van der Waals surface area (Å²) < 4.78 is 26.9. The summed E-state index contributed by atoms with van der Waals surface area (Å²) >= 11 is 0. The van der Waals surface area contributed by atoms with Crippen molar-refractivity contribution < 1.29 is 13.5 Å². The lowest BCUT2D eigenvalue weighted by atomic mass is 9.78. The van der Waals surface area contributed by atoms with Crippen LogP contribution in [0.2, 0.25) is 0 Å². The molecule has 0 unspecified atom stereocenters. The standard InChI is InChI=1S/C11H19N3O3S/c1-9-2-4-11(7-15,5-3-9)14-18(16,17)10-6-12-8-13-10/h6,8-9,14-15H,2-5,7H2,1H3,(H,12,13). The van der Waals surface area contributed by atoms with Crippen LogP contribution in [0.25, 0.3) is 0 Å². The zero-order valence-corrected chi connectivity index (χ0v) is 11.2. The van der Waals surface area contributed by atoms with E-state index in [1.54, 1.807) is 0 Å². The van der Waals surface area contributed by atoms with Crippen LogP contribution in [0, 0.1) is 5.92 Å². The van der Waals surface area contributed by atoms with E-state index >= 15 is 0 Å². The van der Waals surface area contributed by atoms with Crippen LogP contribution in [0.3, 0.4) is 0 Å². The first kappa shape index (κ1) is 13.5. The number of hydrogen-bond donors (Lipinski definition) is 3. The second-order valence-electron chi connectivity index (χ2n) is 5.14. The minimum Gasteiger partial charge on any atom is -0.394 e. The Hall–Kier alpha value is -0.920. The average Bonchev–Trinajstić information content (AvgIpc) is 2.87. The van der Waals surface area contributed by atoms with Crippen LogP contribution < -0.4 is 4.72 Å². The van der Waals surface area contributed by atoms with E-state index in [-0.39, 0.29) is 11.6 Å². The molecule has 0 aliphatic heterocycles. The predicted molar refractivity (Wildman–Crippen MR) is 66.4 cm³/mol. The van der Waals surface area contributed by atoms with Crippen LogP contribution in [0.4, 0.5) is 0 Å². The fourth-order valence-electron chi connectivity index (χ4n) is 2.34. The number of hydrogen-bond acceptors (Lipinski definition) is 4. The Balaban J connectivity index is 2.16. The highest BCUT2D eigenvalue weighted by Crippen LogP contribution is 2.32. The monoisotopic (exact) mass is 273 g/mol. The van der Waals surface area contributed by atoms with Crippen molar-refractivity contribution in [2.45, 2.75) is 43.2 Å². The van der Waals surface area contributed by atoms with Gasteiger partial charge in [0.2, 0.25) is 0 Å². The number of aliphatic hydroxyl groups is 1. The Morgan fingerprint density at radius 2 is 2.22 bits per heavy atom. The van der Waals surface area contributed by atoms with Crippen molar-refractivity contribution in [1.29, 1.82) is 0 Å². The smallest absolute Gasteiger partial charge is 0.258 e. The maximum absolute atomic E-state index is 12.1. The molecule has 0 radical (unpaired) electrons. The van der Waals surface area contributed by atoms with E-state index in [2.05, 4.69) is 21.6 Å². The van der Waals surface area contributed by atoms with Gasteiger partial charge in [0.25, 0.3) is 10.0 Å². The molecule has 1 saturated carbocycles.